The maximum absolute atomic E-state index is 12.6. The summed E-state index contributed by atoms with van der Waals surface area (Å²) in [6.45, 7) is 2.26. The predicted octanol–water partition coefficient (Wildman–Crippen LogP) is 3.44. The lowest BCUT2D eigenvalue weighted by molar-refractivity contribution is 0.0950. The van der Waals surface area contributed by atoms with E-state index >= 15 is 0 Å². The standard InChI is InChI=1S/C24H23N5O2/c1-15-18(4-6-23(25)29-15)13-28-24(30)17-7-8-26-20(11-17)10-16-3-5-22-19(9-16)12-21(31-2)14-27-22/h3-9,11-12,14H,10,13H2,1-2H3,(H2,25,29)(H,28,30). The van der Waals surface area contributed by atoms with Crippen molar-refractivity contribution in [2.75, 3.05) is 12.8 Å². The third-order valence-electron chi connectivity index (χ3n) is 5.08. The van der Waals surface area contributed by atoms with E-state index in [2.05, 4.69) is 26.3 Å². The minimum Gasteiger partial charge on any atom is -0.495 e. The highest BCUT2D eigenvalue weighted by Gasteiger charge is 2.09. The van der Waals surface area contributed by atoms with Crippen molar-refractivity contribution in [3.8, 4) is 5.75 Å². The minimum atomic E-state index is -0.160. The number of pyridine rings is 3. The number of fused-ring (bicyclic) bond motifs is 1. The van der Waals surface area contributed by atoms with Gasteiger partial charge in [-0.15, -0.1) is 0 Å². The third kappa shape index (κ3) is 4.78. The van der Waals surface area contributed by atoms with Gasteiger partial charge in [0.2, 0.25) is 0 Å². The van der Waals surface area contributed by atoms with E-state index in [1.165, 1.54) is 0 Å². The van der Waals surface area contributed by atoms with Gasteiger partial charge in [0.25, 0.3) is 5.91 Å². The Morgan fingerprint density at radius 3 is 2.77 bits per heavy atom. The molecule has 1 amide bonds. The van der Waals surface area contributed by atoms with Crippen molar-refractivity contribution in [1.82, 2.24) is 20.3 Å². The summed E-state index contributed by atoms with van der Waals surface area (Å²) in [6, 6.07) is 15.1. The van der Waals surface area contributed by atoms with Gasteiger partial charge >= 0.3 is 0 Å². The van der Waals surface area contributed by atoms with Crippen LogP contribution in [0.15, 0.2) is 60.9 Å². The van der Waals surface area contributed by atoms with Gasteiger partial charge in [-0.05, 0) is 54.4 Å². The van der Waals surface area contributed by atoms with Crippen LogP contribution in [-0.2, 0) is 13.0 Å². The summed E-state index contributed by atoms with van der Waals surface area (Å²) in [7, 11) is 1.62. The van der Waals surface area contributed by atoms with Crippen LogP contribution in [0.2, 0.25) is 0 Å². The van der Waals surface area contributed by atoms with Crippen LogP contribution in [0.4, 0.5) is 5.82 Å². The second kappa shape index (κ2) is 8.79. The number of carbonyl (C=O) groups is 1. The van der Waals surface area contributed by atoms with Crippen molar-refractivity contribution < 1.29 is 9.53 Å². The summed E-state index contributed by atoms with van der Waals surface area (Å²) in [4.78, 5) is 25.7. The maximum atomic E-state index is 12.6. The van der Waals surface area contributed by atoms with E-state index in [4.69, 9.17) is 10.5 Å². The molecule has 0 spiro atoms. The molecule has 0 unspecified atom stereocenters. The molecular formula is C24H23N5O2. The van der Waals surface area contributed by atoms with Crippen LogP contribution in [-0.4, -0.2) is 28.0 Å². The van der Waals surface area contributed by atoms with E-state index in [1.54, 1.807) is 31.6 Å². The number of nitrogens with zero attached hydrogens (tertiary/aromatic N) is 3. The maximum Gasteiger partial charge on any atom is 0.251 e. The second-order valence-corrected chi connectivity index (χ2v) is 7.28. The number of rotatable bonds is 6. The first-order valence-electron chi connectivity index (χ1n) is 9.89. The summed E-state index contributed by atoms with van der Waals surface area (Å²) in [5.41, 5.74) is 10.8. The number of methoxy groups -OCH3 is 1. The number of hydrogen-bond donors (Lipinski definition) is 2. The molecule has 0 bridgehead atoms. The van der Waals surface area contributed by atoms with Crippen LogP contribution in [0.25, 0.3) is 10.9 Å². The van der Waals surface area contributed by atoms with Crippen LogP contribution >= 0.6 is 0 Å². The molecule has 156 valence electrons. The lowest BCUT2D eigenvalue weighted by Gasteiger charge is -2.09. The molecule has 0 aliphatic rings. The zero-order valence-electron chi connectivity index (χ0n) is 17.4. The summed E-state index contributed by atoms with van der Waals surface area (Å²) >= 11 is 0. The van der Waals surface area contributed by atoms with Gasteiger partial charge in [-0.3, -0.25) is 14.8 Å². The highest BCUT2D eigenvalue weighted by atomic mass is 16.5. The summed E-state index contributed by atoms with van der Waals surface area (Å²) in [5.74, 6) is 1.02. The Morgan fingerprint density at radius 1 is 1.10 bits per heavy atom. The van der Waals surface area contributed by atoms with Gasteiger partial charge in [-0.1, -0.05) is 12.1 Å². The largest absolute Gasteiger partial charge is 0.495 e. The average molecular weight is 413 g/mol. The number of hydrogen-bond acceptors (Lipinski definition) is 6. The number of aromatic nitrogens is 3. The lowest BCUT2D eigenvalue weighted by atomic mass is 10.0. The smallest absolute Gasteiger partial charge is 0.251 e. The summed E-state index contributed by atoms with van der Waals surface area (Å²) < 4.78 is 5.26. The highest BCUT2D eigenvalue weighted by molar-refractivity contribution is 5.94. The van der Waals surface area contributed by atoms with Gasteiger partial charge in [0.15, 0.2) is 0 Å². The van der Waals surface area contributed by atoms with E-state index in [-0.39, 0.29) is 5.91 Å². The zero-order chi connectivity index (χ0) is 21.8. The van der Waals surface area contributed by atoms with Crippen LogP contribution in [0, 0.1) is 6.92 Å². The molecule has 3 N–H and O–H groups in total. The number of nitrogens with one attached hydrogen (secondary N) is 1. The number of amides is 1. The molecule has 0 atom stereocenters. The van der Waals surface area contributed by atoms with Crippen LogP contribution in [0.3, 0.4) is 0 Å². The molecule has 1 aromatic carbocycles. The molecule has 4 aromatic rings. The normalized spacial score (nSPS) is 10.8. The Kier molecular flexibility index (Phi) is 5.75. The minimum absolute atomic E-state index is 0.160. The van der Waals surface area contributed by atoms with Crippen molar-refractivity contribution in [3.05, 3.63) is 89.0 Å². The summed E-state index contributed by atoms with van der Waals surface area (Å²) in [6.07, 6.45) is 3.97. The van der Waals surface area contributed by atoms with E-state index < -0.39 is 0 Å². The van der Waals surface area contributed by atoms with Crippen LogP contribution in [0.1, 0.15) is 32.9 Å². The first-order chi connectivity index (χ1) is 15.0. The molecule has 0 fully saturated rings. The van der Waals surface area contributed by atoms with Gasteiger partial charge in [-0.25, -0.2) is 4.98 Å². The van der Waals surface area contributed by atoms with Crippen molar-refractivity contribution in [2.45, 2.75) is 19.9 Å². The van der Waals surface area contributed by atoms with Crippen LogP contribution in [0.5, 0.6) is 5.75 Å². The monoisotopic (exact) mass is 413 g/mol. The van der Waals surface area contributed by atoms with E-state index in [0.717, 1.165) is 33.4 Å². The molecule has 3 aromatic heterocycles. The Bertz CT molecular complexity index is 1260. The van der Waals surface area contributed by atoms with Crippen LogP contribution < -0.4 is 15.8 Å². The number of carbonyl (C=O) groups excluding carboxylic acids is 1. The number of ether oxygens (including phenoxy) is 1. The second-order valence-electron chi connectivity index (χ2n) is 7.28. The first kappa shape index (κ1) is 20.3. The fraction of sp³-hybridized carbons (Fsp3) is 0.167. The lowest BCUT2D eigenvalue weighted by Crippen LogP contribution is -2.23. The number of nitrogen functional groups attached to an aromatic ring is 1. The fourth-order valence-electron chi connectivity index (χ4n) is 3.38. The molecule has 7 nitrogen and oxygen atoms in total. The van der Waals surface area contributed by atoms with Gasteiger partial charge in [0, 0.05) is 41.5 Å². The van der Waals surface area contributed by atoms with Crippen molar-refractivity contribution >= 4 is 22.6 Å². The van der Waals surface area contributed by atoms with Crippen molar-refractivity contribution in [2.24, 2.45) is 0 Å². The Hall–Kier alpha value is -4.00. The Labute approximate surface area is 180 Å². The molecule has 0 aliphatic heterocycles. The molecule has 0 saturated carbocycles. The first-order valence-corrected chi connectivity index (χ1v) is 9.89. The molecule has 31 heavy (non-hydrogen) atoms. The highest BCUT2D eigenvalue weighted by Crippen LogP contribution is 2.21. The van der Waals surface area contributed by atoms with Crippen molar-refractivity contribution in [1.29, 1.82) is 0 Å². The molecular weight excluding hydrogens is 390 g/mol. The number of aryl methyl sites for hydroxylation is 1. The molecule has 3 heterocycles. The summed E-state index contributed by atoms with van der Waals surface area (Å²) in [5, 5.41) is 3.93. The Balaban J connectivity index is 1.47. The fourth-order valence-corrected chi connectivity index (χ4v) is 3.38. The molecule has 0 saturated heterocycles. The SMILES string of the molecule is COc1cnc2ccc(Cc3cc(C(=O)NCc4ccc(N)nc4C)ccn3)cc2c1. The average Bonchev–Trinajstić information content (AvgIpc) is 2.78. The molecule has 7 heteroatoms. The number of anilines is 1. The predicted molar refractivity (Wildman–Crippen MR) is 120 cm³/mol. The van der Waals surface area contributed by atoms with E-state index in [1.807, 2.05) is 37.3 Å². The Morgan fingerprint density at radius 2 is 1.97 bits per heavy atom. The molecule has 0 radical (unpaired) electrons. The quantitative estimate of drug-likeness (QED) is 0.502. The van der Waals surface area contributed by atoms with E-state index in [9.17, 15) is 4.79 Å². The third-order valence-corrected chi connectivity index (χ3v) is 5.08. The topological polar surface area (TPSA) is 103 Å². The molecule has 4 rings (SSSR count). The number of nitrogens with two attached hydrogens (primary N) is 1. The van der Waals surface area contributed by atoms with Gasteiger partial charge in [-0.2, -0.15) is 0 Å². The number of benzene rings is 1. The zero-order valence-corrected chi connectivity index (χ0v) is 17.4. The van der Waals surface area contributed by atoms with E-state index in [0.29, 0.717) is 30.1 Å². The van der Waals surface area contributed by atoms with Gasteiger partial charge < -0.3 is 15.8 Å². The van der Waals surface area contributed by atoms with Crippen molar-refractivity contribution in [3.63, 3.8) is 0 Å². The van der Waals surface area contributed by atoms with Gasteiger partial charge in [0.1, 0.15) is 11.6 Å². The van der Waals surface area contributed by atoms with Gasteiger partial charge in [0.05, 0.1) is 18.8 Å². The molecule has 0 aliphatic carbocycles.